The van der Waals surface area contributed by atoms with Gasteiger partial charge in [-0.05, 0) is 31.2 Å². The lowest BCUT2D eigenvalue weighted by molar-refractivity contribution is -0.138. The van der Waals surface area contributed by atoms with E-state index in [1.165, 1.54) is 49.2 Å². The minimum atomic E-state index is -3.68. The molecule has 0 saturated heterocycles. The van der Waals surface area contributed by atoms with Gasteiger partial charge in [-0.2, -0.15) is 5.26 Å². The van der Waals surface area contributed by atoms with Gasteiger partial charge in [0, 0.05) is 20.1 Å². The van der Waals surface area contributed by atoms with Gasteiger partial charge in [-0.15, -0.1) is 6.58 Å². The molecule has 0 aliphatic heterocycles. The molecule has 1 atom stereocenters. The molecule has 26 heavy (non-hydrogen) atoms. The topological polar surface area (TPSA) is 117 Å². The van der Waals surface area contributed by atoms with Crippen molar-refractivity contribution < 1.29 is 22.7 Å². The number of hydrogen-bond donors (Lipinski definition) is 1. The van der Waals surface area contributed by atoms with Crippen LogP contribution in [-0.2, 0) is 19.6 Å². The van der Waals surface area contributed by atoms with Crippen LogP contribution in [0.5, 0.6) is 0 Å². The minimum Gasteiger partial charge on any atom is -0.449 e. The molecular formula is C17H21N3O5S. The molecule has 1 amide bonds. The van der Waals surface area contributed by atoms with E-state index in [4.69, 9.17) is 10.00 Å². The number of nitrogens with zero attached hydrogens (tertiary/aromatic N) is 2. The van der Waals surface area contributed by atoms with E-state index in [-0.39, 0.29) is 30.0 Å². The normalized spacial score (nSPS) is 11.9. The monoisotopic (exact) mass is 379 g/mol. The number of likely N-dealkylation sites (N-methyl/N-ethyl adjacent to an activating group) is 1. The second-order valence-electron chi connectivity index (χ2n) is 5.38. The molecule has 0 spiro atoms. The summed E-state index contributed by atoms with van der Waals surface area (Å²) >= 11 is 0. The van der Waals surface area contributed by atoms with Crippen LogP contribution in [0.4, 0.5) is 0 Å². The van der Waals surface area contributed by atoms with Crippen molar-refractivity contribution in [2.75, 3.05) is 20.1 Å². The molecular weight excluding hydrogens is 358 g/mol. The summed E-state index contributed by atoms with van der Waals surface area (Å²) in [7, 11) is -2.17. The molecule has 140 valence electrons. The fraction of sp³-hybridized carbons (Fsp3) is 0.353. The zero-order chi connectivity index (χ0) is 19.7. The number of ether oxygens (including phenoxy) is 1. The Morgan fingerprint density at radius 2 is 2.00 bits per heavy atom. The highest BCUT2D eigenvalue weighted by Crippen LogP contribution is 2.12. The Hall–Kier alpha value is -2.70. The van der Waals surface area contributed by atoms with Crippen molar-refractivity contribution in [2.24, 2.45) is 0 Å². The summed E-state index contributed by atoms with van der Waals surface area (Å²) in [5, 5.41) is 8.53. The first-order valence-electron chi connectivity index (χ1n) is 7.76. The molecule has 0 aromatic heterocycles. The summed E-state index contributed by atoms with van der Waals surface area (Å²) in [6, 6.07) is 7.08. The lowest BCUT2D eigenvalue weighted by Crippen LogP contribution is -2.37. The van der Waals surface area contributed by atoms with Crippen molar-refractivity contribution >= 4 is 21.9 Å². The molecule has 9 heteroatoms. The van der Waals surface area contributed by atoms with Crippen molar-refractivity contribution in [3.63, 3.8) is 0 Å². The largest absolute Gasteiger partial charge is 0.449 e. The second-order valence-corrected chi connectivity index (χ2v) is 7.15. The number of nitrogens with one attached hydrogen (secondary N) is 1. The first kappa shape index (κ1) is 21.3. The quantitative estimate of drug-likeness (QED) is 0.507. The molecule has 0 aliphatic rings. The van der Waals surface area contributed by atoms with Crippen molar-refractivity contribution in [3.05, 3.63) is 42.5 Å². The fourth-order valence-corrected chi connectivity index (χ4v) is 2.94. The maximum Gasteiger partial charge on any atom is 0.338 e. The molecule has 1 aromatic carbocycles. The first-order chi connectivity index (χ1) is 12.2. The number of carbonyl (C=O) groups excluding carboxylic acids is 2. The Kier molecular flexibility index (Phi) is 7.96. The van der Waals surface area contributed by atoms with Gasteiger partial charge < -0.3 is 9.64 Å². The van der Waals surface area contributed by atoms with Crippen LogP contribution in [0, 0.1) is 11.3 Å². The van der Waals surface area contributed by atoms with Crippen LogP contribution < -0.4 is 4.72 Å². The van der Waals surface area contributed by atoms with Crippen molar-refractivity contribution in [1.29, 1.82) is 5.26 Å². The molecule has 0 aliphatic carbocycles. The van der Waals surface area contributed by atoms with Gasteiger partial charge in [0.05, 0.1) is 22.9 Å². The molecule has 0 bridgehead atoms. The van der Waals surface area contributed by atoms with E-state index < -0.39 is 28.0 Å². The van der Waals surface area contributed by atoms with E-state index in [0.717, 1.165) is 0 Å². The van der Waals surface area contributed by atoms with Gasteiger partial charge in [0.2, 0.25) is 10.0 Å². The van der Waals surface area contributed by atoms with Crippen molar-refractivity contribution in [3.8, 4) is 6.07 Å². The van der Waals surface area contributed by atoms with Crippen LogP contribution in [-0.4, -0.2) is 51.4 Å². The maximum atomic E-state index is 12.1. The summed E-state index contributed by atoms with van der Waals surface area (Å²) < 4.78 is 31.3. The van der Waals surface area contributed by atoms with Gasteiger partial charge >= 0.3 is 5.97 Å². The van der Waals surface area contributed by atoms with E-state index in [2.05, 4.69) is 11.3 Å². The Labute approximate surface area is 153 Å². The van der Waals surface area contributed by atoms with E-state index in [0.29, 0.717) is 0 Å². The standard InChI is InChI=1S/C17H21N3O5S/c1-4-11-19-26(23,24)15-8-6-14(7-9-15)17(22)25-13(2)16(21)20(3)12-5-10-18/h4,6-9,13,19H,1,5,11-12H2,2-3H3/t13-/m1/s1. The number of esters is 1. The van der Waals surface area contributed by atoms with Gasteiger partial charge in [-0.1, -0.05) is 6.08 Å². The Balaban J connectivity index is 2.75. The van der Waals surface area contributed by atoms with Crippen LogP contribution in [0.25, 0.3) is 0 Å². The van der Waals surface area contributed by atoms with Crippen LogP contribution in [0.15, 0.2) is 41.8 Å². The lowest BCUT2D eigenvalue weighted by atomic mass is 10.2. The molecule has 0 saturated carbocycles. The SMILES string of the molecule is C=CCNS(=O)(=O)c1ccc(C(=O)O[C@H](C)C(=O)N(C)CCC#N)cc1. The molecule has 8 nitrogen and oxygen atoms in total. The minimum absolute atomic E-state index is 0.00346. The number of rotatable bonds is 9. The van der Waals surface area contributed by atoms with E-state index >= 15 is 0 Å². The third-order valence-electron chi connectivity index (χ3n) is 3.38. The molecule has 1 N–H and O–H groups in total. The predicted octanol–water partition coefficient (Wildman–Crippen LogP) is 1.07. The van der Waals surface area contributed by atoms with Crippen LogP contribution in [0.3, 0.4) is 0 Å². The lowest BCUT2D eigenvalue weighted by Gasteiger charge is -2.20. The number of carbonyl (C=O) groups is 2. The number of sulfonamides is 1. The molecule has 0 unspecified atom stereocenters. The summed E-state index contributed by atoms with van der Waals surface area (Å²) in [6.07, 6.45) is 0.567. The molecule has 1 rings (SSSR count). The number of benzene rings is 1. The van der Waals surface area contributed by atoms with E-state index in [1.807, 2.05) is 6.07 Å². The average molecular weight is 379 g/mol. The zero-order valence-corrected chi connectivity index (χ0v) is 15.5. The van der Waals surface area contributed by atoms with Crippen LogP contribution >= 0.6 is 0 Å². The Morgan fingerprint density at radius 3 is 2.54 bits per heavy atom. The van der Waals surface area contributed by atoms with Crippen LogP contribution in [0.1, 0.15) is 23.7 Å². The molecule has 0 fully saturated rings. The summed E-state index contributed by atoms with van der Waals surface area (Å²) in [5.41, 5.74) is 0.118. The highest BCUT2D eigenvalue weighted by Gasteiger charge is 2.22. The Bertz CT molecular complexity index is 797. The predicted molar refractivity (Wildman–Crippen MR) is 94.6 cm³/mol. The third kappa shape index (κ3) is 5.98. The van der Waals surface area contributed by atoms with E-state index in [9.17, 15) is 18.0 Å². The van der Waals surface area contributed by atoms with Gasteiger partial charge in [0.25, 0.3) is 5.91 Å². The van der Waals surface area contributed by atoms with E-state index in [1.54, 1.807) is 0 Å². The highest BCUT2D eigenvalue weighted by atomic mass is 32.2. The second kappa shape index (κ2) is 9.70. The molecule has 0 heterocycles. The summed E-state index contributed by atoms with van der Waals surface area (Å²) in [4.78, 5) is 25.5. The van der Waals surface area contributed by atoms with Crippen molar-refractivity contribution in [2.45, 2.75) is 24.3 Å². The number of nitriles is 1. The average Bonchev–Trinajstić information content (AvgIpc) is 2.63. The van der Waals surface area contributed by atoms with Gasteiger partial charge in [0.15, 0.2) is 6.10 Å². The number of hydrogen-bond acceptors (Lipinski definition) is 6. The number of amides is 1. The smallest absolute Gasteiger partial charge is 0.338 e. The highest BCUT2D eigenvalue weighted by molar-refractivity contribution is 7.89. The van der Waals surface area contributed by atoms with Crippen molar-refractivity contribution in [1.82, 2.24) is 9.62 Å². The third-order valence-corrected chi connectivity index (χ3v) is 4.82. The van der Waals surface area contributed by atoms with Crippen LogP contribution in [0.2, 0.25) is 0 Å². The fourth-order valence-electron chi connectivity index (χ4n) is 1.94. The molecule has 0 radical (unpaired) electrons. The van der Waals surface area contributed by atoms with Gasteiger partial charge in [-0.3, -0.25) is 4.79 Å². The first-order valence-corrected chi connectivity index (χ1v) is 9.24. The maximum absolute atomic E-state index is 12.1. The van der Waals surface area contributed by atoms with Gasteiger partial charge in [-0.25, -0.2) is 17.9 Å². The zero-order valence-electron chi connectivity index (χ0n) is 14.6. The summed E-state index contributed by atoms with van der Waals surface area (Å²) in [5.74, 6) is -1.18. The molecule has 1 aromatic rings. The van der Waals surface area contributed by atoms with Gasteiger partial charge in [0.1, 0.15) is 0 Å². The Morgan fingerprint density at radius 1 is 1.38 bits per heavy atom. The summed E-state index contributed by atoms with van der Waals surface area (Å²) in [6.45, 7) is 5.19.